The van der Waals surface area contributed by atoms with Crippen LogP contribution in [-0.4, -0.2) is 4.40 Å². The van der Waals surface area contributed by atoms with Crippen LogP contribution in [0.15, 0.2) is 30.3 Å². The van der Waals surface area contributed by atoms with Gasteiger partial charge in [0.15, 0.2) is 0 Å². The third-order valence-electron chi connectivity index (χ3n) is 0.905. The summed E-state index contributed by atoms with van der Waals surface area (Å²) in [5.41, 5.74) is 1.27. The van der Waals surface area contributed by atoms with Gasteiger partial charge in [0, 0.05) is 0 Å². The van der Waals surface area contributed by atoms with E-state index in [0.29, 0.717) is 0 Å². The normalized spacial score (nSPS) is 8.75. The van der Waals surface area contributed by atoms with Crippen LogP contribution in [0.3, 0.4) is 0 Å². The van der Waals surface area contributed by atoms with Crippen molar-refractivity contribution >= 4 is 4.40 Å². The van der Waals surface area contributed by atoms with Crippen molar-refractivity contribution in [2.75, 3.05) is 0 Å². The summed E-state index contributed by atoms with van der Waals surface area (Å²) in [4.78, 5) is 0. The average molecular weight is 285 g/mol. The molecule has 0 bridgehead atoms. The third kappa shape index (κ3) is 1.38. The fourth-order valence-electron chi connectivity index (χ4n) is 0.514. The first-order valence-electron chi connectivity index (χ1n) is 2.38. The van der Waals surface area contributed by atoms with Crippen LogP contribution in [-0.2, 0) is 19.4 Å². The van der Waals surface area contributed by atoms with Gasteiger partial charge in [-0.1, -0.05) is 0 Å². The van der Waals surface area contributed by atoms with E-state index in [2.05, 4.69) is 35.9 Å². The predicted molar refractivity (Wildman–Crippen MR) is 31.6 cm³/mol. The quantitative estimate of drug-likeness (QED) is 0.731. The van der Waals surface area contributed by atoms with E-state index in [1.165, 1.54) is 5.56 Å². The van der Waals surface area contributed by atoms with Crippen molar-refractivity contribution < 1.29 is 19.4 Å². The Morgan fingerprint density at radius 2 is 1.75 bits per heavy atom. The van der Waals surface area contributed by atoms with Gasteiger partial charge in [0.05, 0.1) is 0 Å². The van der Waals surface area contributed by atoms with Crippen LogP contribution in [0.1, 0.15) is 5.56 Å². The Kier molecular flexibility index (Phi) is 2.17. The zero-order valence-corrected chi connectivity index (χ0v) is 6.55. The summed E-state index contributed by atoms with van der Waals surface area (Å²) in [7, 11) is 0. The van der Waals surface area contributed by atoms with Crippen molar-refractivity contribution in [1.29, 1.82) is 0 Å². The molecule has 0 fully saturated rings. The van der Waals surface area contributed by atoms with Crippen molar-refractivity contribution in [2.24, 2.45) is 0 Å². The molecule has 0 saturated heterocycles. The molecule has 0 unspecified atom stereocenters. The molecule has 0 atom stereocenters. The van der Waals surface area contributed by atoms with Crippen LogP contribution in [0, 0.1) is 0 Å². The number of hydrogen-bond acceptors (Lipinski definition) is 0. The maximum absolute atomic E-state index is 2.21. The van der Waals surface area contributed by atoms with Gasteiger partial charge in [0.2, 0.25) is 0 Å². The molecule has 0 heterocycles. The Morgan fingerprint density at radius 1 is 1.12 bits per heavy atom. The summed E-state index contributed by atoms with van der Waals surface area (Å²) in [6.45, 7) is 0. The number of hydrogen-bond donors (Lipinski definition) is 0. The van der Waals surface area contributed by atoms with Crippen LogP contribution in [0.4, 0.5) is 0 Å². The summed E-state index contributed by atoms with van der Waals surface area (Å²) in [6.07, 6.45) is 0. The van der Waals surface area contributed by atoms with Gasteiger partial charge in [-0.15, -0.1) is 0 Å². The Bertz CT molecular complexity index is 167. The second-order valence-corrected chi connectivity index (χ2v) is 2.16. The maximum atomic E-state index is 2.21. The topological polar surface area (TPSA) is 0 Å². The second-order valence-electron chi connectivity index (χ2n) is 1.50. The fourth-order valence-corrected chi connectivity index (χ4v) is 0.951. The van der Waals surface area contributed by atoms with Crippen molar-refractivity contribution in [1.82, 2.24) is 0 Å². The zero-order valence-electron chi connectivity index (χ0n) is 4.28. The van der Waals surface area contributed by atoms with Crippen molar-refractivity contribution in [3.8, 4) is 0 Å². The Labute approximate surface area is 59.9 Å². The van der Waals surface area contributed by atoms with E-state index in [-0.39, 0.29) is 0 Å². The molecule has 1 aromatic rings. The van der Waals surface area contributed by atoms with Crippen LogP contribution in [0.5, 0.6) is 0 Å². The molecule has 1 heteroatoms. The van der Waals surface area contributed by atoms with Crippen molar-refractivity contribution in [2.45, 2.75) is 0 Å². The molecule has 44 valence electrons. The standard InChI is InChI=1S/C7H6.Pt/c1-7-5-3-2-4-6-7;/h1-6H;. The van der Waals surface area contributed by atoms with Gasteiger partial charge in [0.1, 0.15) is 0 Å². The Morgan fingerprint density at radius 3 is 2.12 bits per heavy atom. The van der Waals surface area contributed by atoms with E-state index in [4.69, 9.17) is 0 Å². The summed E-state index contributed by atoms with van der Waals surface area (Å²) >= 11 is 2.21. The molecule has 0 aliphatic carbocycles. The minimum absolute atomic E-state index is 1.27. The van der Waals surface area contributed by atoms with E-state index in [1.54, 1.807) is 0 Å². The first kappa shape index (κ1) is 5.91. The average Bonchev–Trinajstić information content (AvgIpc) is 1.90. The summed E-state index contributed by atoms with van der Waals surface area (Å²) < 4.78 is 2.06. The molecule has 0 aromatic heterocycles. The van der Waals surface area contributed by atoms with E-state index < -0.39 is 0 Å². The van der Waals surface area contributed by atoms with Gasteiger partial charge in [-0.05, 0) is 0 Å². The first-order valence-corrected chi connectivity index (χ1v) is 3.69. The monoisotopic (exact) mass is 285 g/mol. The summed E-state index contributed by atoms with van der Waals surface area (Å²) in [6, 6.07) is 10.2. The van der Waals surface area contributed by atoms with Crippen molar-refractivity contribution in [3.05, 3.63) is 35.9 Å². The molecule has 0 amide bonds. The molecular weight excluding hydrogens is 279 g/mol. The van der Waals surface area contributed by atoms with E-state index in [0.717, 1.165) is 0 Å². The van der Waals surface area contributed by atoms with E-state index >= 15 is 0 Å². The molecule has 0 radical (unpaired) electrons. The first-order chi connectivity index (χ1) is 3.93. The molecule has 0 aliphatic rings. The van der Waals surface area contributed by atoms with Gasteiger partial charge in [-0.3, -0.25) is 0 Å². The van der Waals surface area contributed by atoms with Crippen LogP contribution in [0.25, 0.3) is 0 Å². The van der Waals surface area contributed by atoms with E-state index in [1.807, 2.05) is 18.2 Å². The summed E-state index contributed by atoms with van der Waals surface area (Å²) in [5.74, 6) is 0. The number of benzene rings is 1. The second kappa shape index (κ2) is 2.94. The summed E-state index contributed by atoms with van der Waals surface area (Å²) in [5, 5.41) is 0. The SMILES string of the molecule is [Pt]=[CH]c1ccccc1. The van der Waals surface area contributed by atoms with Gasteiger partial charge in [-0.2, -0.15) is 0 Å². The van der Waals surface area contributed by atoms with Gasteiger partial charge in [-0.25, -0.2) is 0 Å². The van der Waals surface area contributed by atoms with E-state index in [9.17, 15) is 0 Å². The fraction of sp³-hybridized carbons (Fsp3) is 0. The Balaban J connectivity index is 2.99. The molecular formula is C7H6Pt. The van der Waals surface area contributed by atoms with Crippen LogP contribution >= 0.6 is 0 Å². The molecule has 8 heavy (non-hydrogen) atoms. The predicted octanol–water partition coefficient (Wildman–Crippen LogP) is 1.38. The minimum atomic E-state index is 1.27. The zero-order chi connectivity index (χ0) is 5.82. The van der Waals surface area contributed by atoms with Gasteiger partial charge < -0.3 is 0 Å². The third-order valence-corrected chi connectivity index (χ3v) is 1.66. The van der Waals surface area contributed by atoms with Crippen LogP contribution in [0.2, 0.25) is 0 Å². The molecule has 0 N–H and O–H groups in total. The molecule has 0 spiro atoms. The Hall–Kier alpha value is -0.222. The number of rotatable bonds is 1. The molecule has 0 saturated carbocycles. The molecule has 1 aromatic carbocycles. The van der Waals surface area contributed by atoms with Gasteiger partial charge in [0.25, 0.3) is 0 Å². The van der Waals surface area contributed by atoms with Crippen LogP contribution < -0.4 is 0 Å². The van der Waals surface area contributed by atoms with Gasteiger partial charge >= 0.3 is 59.6 Å². The molecule has 0 nitrogen and oxygen atoms in total. The molecule has 1 rings (SSSR count). The molecule has 0 aliphatic heterocycles. The van der Waals surface area contributed by atoms with Crippen molar-refractivity contribution in [3.63, 3.8) is 0 Å².